The first-order chi connectivity index (χ1) is 9.88. The zero-order valence-electron chi connectivity index (χ0n) is 11.2. The predicted octanol–water partition coefficient (Wildman–Crippen LogP) is 3.62. The summed E-state index contributed by atoms with van der Waals surface area (Å²) in [5, 5.41) is 2.65. The minimum absolute atomic E-state index is 0.00695. The molecular weight excluding hydrogens is 351 g/mol. The first-order valence-electron chi connectivity index (χ1n) is 6.60. The molecule has 1 atom stereocenters. The molecule has 0 saturated carbocycles. The molecular formula is C14H15BrF3NO2. The van der Waals surface area contributed by atoms with Crippen LogP contribution >= 0.6 is 15.9 Å². The van der Waals surface area contributed by atoms with Crippen molar-refractivity contribution in [3.8, 4) is 0 Å². The number of amides is 1. The van der Waals surface area contributed by atoms with Crippen LogP contribution in [-0.4, -0.2) is 25.7 Å². The van der Waals surface area contributed by atoms with E-state index < -0.39 is 17.6 Å². The Bertz CT molecular complexity index is 513. The molecule has 3 nitrogen and oxygen atoms in total. The highest BCUT2D eigenvalue weighted by molar-refractivity contribution is 9.10. The number of hydrogen-bond acceptors (Lipinski definition) is 2. The zero-order valence-corrected chi connectivity index (χ0v) is 12.8. The van der Waals surface area contributed by atoms with Crippen LogP contribution in [0.25, 0.3) is 0 Å². The smallest absolute Gasteiger partial charge is 0.381 e. The summed E-state index contributed by atoms with van der Waals surface area (Å²) in [5.74, 6) is -0.0952. The third kappa shape index (κ3) is 4.44. The highest BCUT2D eigenvalue weighted by Crippen LogP contribution is 2.31. The van der Waals surface area contributed by atoms with E-state index in [0.717, 1.165) is 31.6 Å². The van der Waals surface area contributed by atoms with Gasteiger partial charge in [-0.2, -0.15) is 13.2 Å². The highest BCUT2D eigenvalue weighted by Gasteiger charge is 2.31. The van der Waals surface area contributed by atoms with E-state index >= 15 is 0 Å². The molecule has 21 heavy (non-hydrogen) atoms. The largest absolute Gasteiger partial charge is 0.416 e. The lowest BCUT2D eigenvalue weighted by molar-refractivity contribution is -0.137. The third-order valence-electron chi connectivity index (χ3n) is 3.40. The average Bonchev–Trinajstić information content (AvgIpc) is 2.91. The average molecular weight is 366 g/mol. The van der Waals surface area contributed by atoms with Crippen molar-refractivity contribution in [2.75, 3.05) is 19.8 Å². The van der Waals surface area contributed by atoms with Crippen LogP contribution in [0.5, 0.6) is 0 Å². The fraction of sp³-hybridized carbons (Fsp3) is 0.500. The maximum absolute atomic E-state index is 12.7. The molecule has 1 unspecified atom stereocenters. The number of halogens is 4. The Morgan fingerprint density at radius 1 is 1.43 bits per heavy atom. The highest BCUT2D eigenvalue weighted by atomic mass is 79.9. The normalized spacial score (nSPS) is 18.8. The second kappa shape index (κ2) is 6.79. The summed E-state index contributed by atoms with van der Waals surface area (Å²) in [5.41, 5.74) is -0.840. The van der Waals surface area contributed by atoms with E-state index in [9.17, 15) is 18.0 Å². The first kappa shape index (κ1) is 16.3. The Labute approximate surface area is 129 Å². The summed E-state index contributed by atoms with van der Waals surface area (Å²) in [6.45, 7) is 1.84. The summed E-state index contributed by atoms with van der Waals surface area (Å²) in [6.07, 6.45) is -2.73. The van der Waals surface area contributed by atoms with Crippen molar-refractivity contribution in [2.45, 2.75) is 19.0 Å². The van der Waals surface area contributed by atoms with Crippen LogP contribution in [-0.2, 0) is 10.9 Å². The minimum atomic E-state index is -4.46. The second-order valence-corrected chi connectivity index (χ2v) is 5.82. The topological polar surface area (TPSA) is 38.3 Å². The number of alkyl halides is 3. The van der Waals surface area contributed by atoms with Crippen LogP contribution in [0.2, 0.25) is 0 Å². The van der Waals surface area contributed by atoms with E-state index in [1.807, 2.05) is 0 Å². The van der Waals surface area contributed by atoms with E-state index in [4.69, 9.17) is 4.74 Å². The number of benzene rings is 1. The molecule has 7 heteroatoms. The van der Waals surface area contributed by atoms with E-state index in [1.54, 1.807) is 0 Å². The maximum atomic E-state index is 12.7. The molecule has 1 aromatic rings. The molecule has 0 spiro atoms. The van der Waals surface area contributed by atoms with Gasteiger partial charge in [0.15, 0.2) is 0 Å². The SMILES string of the molecule is O=C(NCCC1CCOC1)c1cc(C(F)(F)F)ccc1Br. The van der Waals surface area contributed by atoms with Gasteiger partial charge in [-0.05, 0) is 52.9 Å². The molecule has 1 saturated heterocycles. The van der Waals surface area contributed by atoms with Gasteiger partial charge < -0.3 is 10.1 Å². The maximum Gasteiger partial charge on any atom is 0.416 e. The Morgan fingerprint density at radius 2 is 2.19 bits per heavy atom. The van der Waals surface area contributed by atoms with Crippen LogP contribution in [0.3, 0.4) is 0 Å². The number of rotatable bonds is 4. The molecule has 0 aliphatic carbocycles. The van der Waals surface area contributed by atoms with Gasteiger partial charge in [-0.15, -0.1) is 0 Å². The number of hydrogen-bond donors (Lipinski definition) is 1. The lowest BCUT2D eigenvalue weighted by Gasteiger charge is -2.12. The lowest BCUT2D eigenvalue weighted by atomic mass is 10.1. The summed E-state index contributed by atoms with van der Waals surface area (Å²) in [6, 6.07) is 3.04. The molecule has 1 aliphatic heterocycles. The fourth-order valence-electron chi connectivity index (χ4n) is 2.17. The number of ether oxygens (including phenoxy) is 1. The molecule has 1 aliphatic rings. The minimum Gasteiger partial charge on any atom is -0.381 e. The van der Waals surface area contributed by atoms with Gasteiger partial charge in [0, 0.05) is 24.2 Å². The molecule has 0 bridgehead atoms. The number of carbonyl (C=O) groups is 1. The van der Waals surface area contributed by atoms with Crippen LogP contribution in [0.4, 0.5) is 13.2 Å². The molecule has 116 valence electrons. The van der Waals surface area contributed by atoms with Crippen molar-refractivity contribution in [3.05, 3.63) is 33.8 Å². The van der Waals surface area contributed by atoms with Crippen LogP contribution in [0.1, 0.15) is 28.8 Å². The standard InChI is InChI=1S/C14H15BrF3NO2/c15-12-2-1-10(14(16,17)18)7-11(12)13(20)19-5-3-9-4-6-21-8-9/h1-2,7,9H,3-6,8H2,(H,19,20). The molecule has 0 radical (unpaired) electrons. The van der Waals surface area contributed by atoms with E-state index in [0.29, 0.717) is 23.5 Å². The molecule has 1 fully saturated rings. The quantitative estimate of drug-likeness (QED) is 0.884. The molecule has 0 aromatic heterocycles. The van der Waals surface area contributed by atoms with Gasteiger partial charge in [-0.25, -0.2) is 0 Å². The van der Waals surface area contributed by atoms with Gasteiger partial charge >= 0.3 is 6.18 Å². The van der Waals surface area contributed by atoms with E-state index in [2.05, 4.69) is 21.2 Å². The summed E-state index contributed by atoms with van der Waals surface area (Å²) in [4.78, 5) is 12.0. The van der Waals surface area contributed by atoms with Gasteiger partial charge in [0.05, 0.1) is 11.1 Å². The van der Waals surface area contributed by atoms with Crippen molar-refractivity contribution >= 4 is 21.8 Å². The van der Waals surface area contributed by atoms with Crippen LogP contribution < -0.4 is 5.32 Å². The fourth-order valence-corrected chi connectivity index (χ4v) is 2.60. The van der Waals surface area contributed by atoms with Gasteiger partial charge in [0.1, 0.15) is 0 Å². The van der Waals surface area contributed by atoms with Gasteiger partial charge in [-0.3, -0.25) is 4.79 Å². The predicted molar refractivity (Wildman–Crippen MR) is 75.0 cm³/mol. The summed E-state index contributed by atoms with van der Waals surface area (Å²) < 4.78 is 43.5. The van der Waals surface area contributed by atoms with Crippen molar-refractivity contribution in [1.82, 2.24) is 5.32 Å². The monoisotopic (exact) mass is 365 g/mol. The zero-order chi connectivity index (χ0) is 15.5. The van der Waals surface area contributed by atoms with Crippen LogP contribution in [0, 0.1) is 5.92 Å². The summed E-state index contributed by atoms with van der Waals surface area (Å²) in [7, 11) is 0. The molecule has 1 amide bonds. The van der Waals surface area contributed by atoms with Crippen molar-refractivity contribution in [2.24, 2.45) is 5.92 Å². The molecule has 1 aromatic carbocycles. The summed E-state index contributed by atoms with van der Waals surface area (Å²) >= 11 is 3.11. The Kier molecular flexibility index (Phi) is 5.27. The first-order valence-corrected chi connectivity index (χ1v) is 7.40. The van der Waals surface area contributed by atoms with E-state index in [-0.39, 0.29) is 5.56 Å². The number of nitrogens with one attached hydrogen (secondary N) is 1. The van der Waals surface area contributed by atoms with Gasteiger partial charge in [0.25, 0.3) is 5.91 Å². The van der Waals surface area contributed by atoms with E-state index in [1.165, 1.54) is 6.07 Å². The second-order valence-electron chi connectivity index (χ2n) is 4.97. The van der Waals surface area contributed by atoms with Crippen molar-refractivity contribution < 1.29 is 22.7 Å². The van der Waals surface area contributed by atoms with Gasteiger partial charge in [-0.1, -0.05) is 0 Å². The molecule has 2 rings (SSSR count). The molecule has 1 heterocycles. The van der Waals surface area contributed by atoms with Gasteiger partial charge in [0.2, 0.25) is 0 Å². The molecule has 1 N–H and O–H groups in total. The Morgan fingerprint density at radius 3 is 2.81 bits per heavy atom. The van der Waals surface area contributed by atoms with Crippen molar-refractivity contribution in [3.63, 3.8) is 0 Å². The van der Waals surface area contributed by atoms with Crippen molar-refractivity contribution in [1.29, 1.82) is 0 Å². The Hall–Kier alpha value is -1.08. The Balaban J connectivity index is 1.97. The third-order valence-corrected chi connectivity index (χ3v) is 4.09. The number of carbonyl (C=O) groups excluding carboxylic acids is 1. The lowest BCUT2D eigenvalue weighted by Crippen LogP contribution is -2.26. The van der Waals surface area contributed by atoms with Crippen LogP contribution in [0.15, 0.2) is 22.7 Å².